The number of methoxy groups -OCH3 is 1. The van der Waals surface area contributed by atoms with Gasteiger partial charge < -0.3 is 9.64 Å². The van der Waals surface area contributed by atoms with Crippen LogP contribution in [0, 0.1) is 0 Å². The van der Waals surface area contributed by atoms with Crippen molar-refractivity contribution in [1.82, 2.24) is 34.7 Å². The quantitative estimate of drug-likeness (QED) is 0.357. The van der Waals surface area contributed by atoms with E-state index in [2.05, 4.69) is 37.1 Å². The molecule has 1 fully saturated rings. The molecule has 0 atom stereocenters. The molecule has 1 aliphatic rings. The normalized spacial score (nSPS) is 15.9. The minimum Gasteiger partial charge on any atom is -0.493 e. The first-order valence-electron chi connectivity index (χ1n) is 12.0. The predicted molar refractivity (Wildman–Crippen MR) is 131 cm³/mol. The standard InChI is InChI=1S/C24H28F3N7OS/c1-5-33-8-6-14(7-9-33)20-21(24(25,26)27)30-23(36-20)19-17(13(2)3)18(31-32-19)15-10-16(35-4)22-28-12-29-34(22)11-15/h10-14H,5-9H2,1-4H3,(H,31,32). The van der Waals surface area contributed by atoms with Gasteiger partial charge in [-0.1, -0.05) is 20.8 Å². The molecular formula is C24H28F3N7OS. The van der Waals surface area contributed by atoms with Crippen LogP contribution < -0.4 is 4.74 Å². The maximum absolute atomic E-state index is 14.1. The summed E-state index contributed by atoms with van der Waals surface area (Å²) >= 11 is 1.13. The Labute approximate surface area is 210 Å². The molecule has 0 unspecified atom stereocenters. The fraction of sp³-hybridized carbons (Fsp3) is 0.500. The van der Waals surface area contributed by atoms with Gasteiger partial charge in [0.25, 0.3) is 0 Å². The minimum absolute atomic E-state index is 0.0272. The average molecular weight is 520 g/mol. The van der Waals surface area contributed by atoms with Gasteiger partial charge in [-0.2, -0.15) is 23.4 Å². The number of hydrogen-bond donors (Lipinski definition) is 1. The van der Waals surface area contributed by atoms with Gasteiger partial charge in [-0.05, 0) is 50.4 Å². The summed E-state index contributed by atoms with van der Waals surface area (Å²) < 4.78 is 49.3. The first kappa shape index (κ1) is 24.7. The summed E-state index contributed by atoms with van der Waals surface area (Å²) in [4.78, 5) is 10.9. The monoisotopic (exact) mass is 519 g/mol. The van der Waals surface area contributed by atoms with Crippen LogP contribution in [-0.2, 0) is 6.18 Å². The van der Waals surface area contributed by atoms with Gasteiger partial charge in [-0.3, -0.25) is 5.10 Å². The predicted octanol–water partition coefficient (Wildman–Crippen LogP) is 5.59. The van der Waals surface area contributed by atoms with Gasteiger partial charge in [0.1, 0.15) is 11.3 Å². The van der Waals surface area contributed by atoms with Crippen molar-refractivity contribution in [2.45, 2.75) is 51.6 Å². The van der Waals surface area contributed by atoms with Crippen molar-refractivity contribution < 1.29 is 17.9 Å². The molecule has 0 radical (unpaired) electrons. The number of pyridine rings is 1. The largest absolute Gasteiger partial charge is 0.493 e. The molecule has 1 saturated heterocycles. The second-order valence-electron chi connectivity index (χ2n) is 9.28. The van der Waals surface area contributed by atoms with Crippen LogP contribution in [-0.4, -0.2) is 61.4 Å². The molecule has 192 valence electrons. The number of alkyl halides is 3. The highest BCUT2D eigenvalue weighted by molar-refractivity contribution is 7.15. The van der Waals surface area contributed by atoms with E-state index in [9.17, 15) is 13.2 Å². The van der Waals surface area contributed by atoms with Crippen LogP contribution in [0.1, 0.15) is 61.6 Å². The van der Waals surface area contributed by atoms with Gasteiger partial charge in [0.15, 0.2) is 17.1 Å². The summed E-state index contributed by atoms with van der Waals surface area (Å²) in [6, 6.07) is 1.81. The summed E-state index contributed by atoms with van der Waals surface area (Å²) in [7, 11) is 1.55. The number of nitrogens with one attached hydrogen (secondary N) is 1. The highest BCUT2D eigenvalue weighted by Gasteiger charge is 2.41. The van der Waals surface area contributed by atoms with Crippen molar-refractivity contribution in [3.8, 4) is 27.7 Å². The number of ether oxygens (including phenoxy) is 1. The highest BCUT2D eigenvalue weighted by atomic mass is 32.1. The van der Waals surface area contributed by atoms with Gasteiger partial charge in [-0.15, -0.1) is 11.3 Å². The van der Waals surface area contributed by atoms with E-state index in [1.165, 1.54) is 6.33 Å². The zero-order valence-electron chi connectivity index (χ0n) is 20.6. The van der Waals surface area contributed by atoms with E-state index in [0.717, 1.165) is 42.1 Å². The number of aromatic nitrogens is 6. The Balaban J connectivity index is 1.60. The summed E-state index contributed by atoms with van der Waals surface area (Å²) in [5, 5.41) is 12.0. The number of fused-ring (bicyclic) bond motifs is 1. The van der Waals surface area contributed by atoms with Crippen LogP contribution in [0.15, 0.2) is 18.6 Å². The van der Waals surface area contributed by atoms with Crippen LogP contribution in [0.25, 0.3) is 27.6 Å². The lowest BCUT2D eigenvalue weighted by molar-refractivity contribution is -0.141. The van der Waals surface area contributed by atoms with Gasteiger partial charge in [0.05, 0.1) is 18.5 Å². The third-order valence-electron chi connectivity index (χ3n) is 6.76. The Bertz CT molecular complexity index is 1370. The molecule has 8 nitrogen and oxygen atoms in total. The van der Waals surface area contributed by atoms with Crippen molar-refractivity contribution in [2.75, 3.05) is 26.7 Å². The lowest BCUT2D eigenvalue weighted by Crippen LogP contribution is -2.32. The second kappa shape index (κ2) is 9.47. The molecule has 0 spiro atoms. The Morgan fingerprint density at radius 3 is 2.64 bits per heavy atom. The van der Waals surface area contributed by atoms with Gasteiger partial charge in [0, 0.05) is 22.2 Å². The van der Waals surface area contributed by atoms with E-state index in [1.54, 1.807) is 17.8 Å². The number of likely N-dealkylation sites (tertiary alicyclic amines) is 1. The molecule has 0 amide bonds. The van der Waals surface area contributed by atoms with Gasteiger partial charge in [0.2, 0.25) is 0 Å². The molecule has 0 aliphatic carbocycles. The molecule has 4 aromatic rings. The number of hydrogen-bond acceptors (Lipinski definition) is 7. The van der Waals surface area contributed by atoms with Gasteiger partial charge >= 0.3 is 6.18 Å². The number of aromatic amines is 1. The first-order valence-corrected chi connectivity index (χ1v) is 12.8. The zero-order chi connectivity index (χ0) is 25.6. The average Bonchev–Trinajstić information content (AvgIpc) is 3.60. The molecule has 1 aliphatic heterocycles. The molecule has 5 rings (SSSR count). The molecule has 0 bridgehead atoms. The first-order chi connectivity index (χ1) is 17.2. The molecule has 12 heteroatoms. The summed E-state index contributed by atoms with van der Waals surface area (Å²) in [6.45, 7) is 8.55. The number of halogens is 3. The van der Waals surface area contributed by atoms with Crippen LogP contribution in [0.5, 0.6) is 5.75 Å². The smallest absolute Gasteiger partial charge is 0.434 e. The zero-order valence-corrected chi connectivity index (χ0v) is 21.4. The second-order valence-corrected chi connectivity index (χ2v) is 10.3. The van der Waals surface area contributed by atoms with E-state index >= 15 is 0 Å². The topological polar surface area (TPSA) is 84.2 Å². The SMILES string of the molecule is CCN1CCC(c2sc(-c3[nH]nc(-c4cc(OC)c5ncnn5c4)c3C(C)C)nc2C(F)(F)F)CC1. The van der Waals surface area contributed by atoms with Crippen molar-refractivity contribution >= 4 is 17.0 Å². The fourth-order valence-electron chi connectivity index (χ4n) is 4.90. The minimum atomic E-state index is -4.52. The summed E-state index contributed by atoms with van der Waals surface area (Å²) in [5.74, 6) is 0.346. The third-order valence-corrected chi connectivity index (χ3v) is 7.99. The number of piperidine rings is 1. The Hall–Kier alpha value is -2.99. The Morgan fingerprint density at radius 2 is 2.00 bits per heavy atom. The molecular weight excluding hydrogens is 491 g/mol. The van der Waals surface area contributed by atoms with Crippen molar-refractivity contribution in [2.24, 2.45) is 0 Å². The highest BCUT2D eigenvalue weighted by Crippen LogP contribution is 2.46. The Morgan fingerprint density at radius 1 is 1.25 bits per heavy atom. The number of thiazole rings is 1. The third kappa shape index (κ3) is 4.36. The van der Waals surface area contributed by atoms with E-state index in [1.807, 2.05) is 19.9 Å². The summed E-state index contributed by atoms with van der Waals surface area (Å²) in [6.07, 6.45) is 0.0930. The fourth-order valence-corrected chi connectivity index (χ4v) is 6.16. The van der Waals surface area contributed by atoms with E-state index < -0.39 is 11.9 Å². The molecule has 5 heterocycles. The number of nitrogens with zero attached hydrogens (tertiary/aromatic N) is 6. The van der Waals surface area contributed by atoms with Crippen molar-refractivity contribution in [1.29, 1.82) is 0 Å². The summed E-state index contributed by atoms with van der Waals surface area (Å²) in [5.41, 5.74) is 2.45. The lowest BCUT2D eigenvalue weighted by atomic mass is 9.94. The lowest BCUT2D eigenvalue weighted by Gasteiger charge is -2.30. The molecule has 0 saturated carbocycles. The molecule has 1 N–H and O–H groups in total. The van der Waals surface area contributed by atoms with Crippen molar-refractivity contribution in [3.05, 3.63) is 34.7 Å². The van der Waals surface area contributed by atoms with Crippen molar-refractivity contribution in [3.63, 3.8) is 0 Å². The number of rotatable bonds is 6. The Kier molecular flexibility index (Phi) is 6.50. The molecule has 4 aromatic heterocycles. The van der Waals surface area contributed by atoms with Crippen LogP contribution >= 0.6 is 11.3 Å². The van der Waals surface area contributed by atoms with Crippen LogP contribution in [0.4, 0.5) is 13.2 Å². The van der Waals surface area contributed by atoms with E-state index in [4.69, 9.17) is 4.74 Å². The molecule has 36 heavy (non-hydrogen) atoms. The van der Waals surface area contributed by atoms with E-state index in [-0.39, 0.29) is 11.8 Å². The van der Waals surface area contributed by atoms with Crippen LogP contribution in [0.2, 0.25) is 0 Å². The van der Waals surface area contributed by atoms with E-state index in [0.29, 0.717) is 45.5 Å². The maximum Gasteiger partial charge on any atom is 0.434 e. The van der Waals surface area contributed by atoms with Crippen LogP contribution in [0.3, 0.4) is 0 Å². The number of H-pyrrole nitrogens is 1. The maximum atomic E-state index is 14.1. The van der Waals surface area contributed by atoms with Gasteiger partial charge in [-0.25, -0.2) is 14.5 Å². The molecule has 0 aromatic carbocycles.